The number of rotatable bonds is 7. The van der Waals surface area contributed by atoms with Crippen LogP contribution in [0.1, 0.15) is 41.0 Å². The van der Waals surface area contributed by atoms with Gasteiger partial charge < -0.3 is 4.90 Å². The van der Waals surface area contributed by atoms with E-state index in [0.29, 0.717) is 29.3 Å². The van der Waals surface area contributed by atoms with Crippen molar-refractivity contribution < 1.29 is 9.59 Å². The van der Waals surface area contributed by atoms with E-state index in [1.807, 2.05) is 83.8 Å². The molecule has 1 aromatic heterocycles. The lowest BCUT2D eigenvalue weighted by Crippen LogP contribution is -2.30. The molecule has 4 aromatic rings. The molecule has 186 valence electrons. The standard InChI is InChI=1S/C30H28N4O3/c35-28(22-5-2-1-3-6-22)25-8-4-7-24(18-25)21-11-13-26(14-12-21)34-27(31-32-30(34)37)17-20-15-16-33(19-20)29(36)23-9-10-23/h1-8,11-14,18,20,23H,9-10,15-17,19H2,(H,32,37). The fourth-order valence-electron chi connectivity index (χ4n) is 5.18. The van der Waals surface area contributed by atoms with Crippen molar-refractivity contribution in [3.05, 3.63) is 106 Å². The number of nitrogens with one attached hydrogen (secondary N) is 1. The highest BCUT2D eigenvalue weighted by Gasteiger charge is 2.36. The van der Waals surface area contributed by atoms with Crippen LogP contribution in [0.15, 0.2) is 83.7 Å². The van der Waals surface area contributed by atoms with E-state index in [-0.39, 0.29) is 23.3 Å². The number of hydrogen-bond acceptors (Lipinski definition) is 4. The molecule has 0 spiro atoms. The molecule has 2 aliphatic rings. The maximum Gasteiger partial charge on any atom is 0.347 e. The lowest BCUT2D eigenvalue weighted by molar-refractivity contribution is -0.131. The van der Waals surface area contributed by atoms with Gasteiger partial charge in [-0.05, 0) is 54.5 Å². The van der Waals surface area contributed by atoms with Gasteiger partial charge in [-0.25, -0.2) is 14.5 Å². The highest BCUT2D eigenvalue weighted by atomic mass is 16.2. The van der Waals surface area contributed by atoms with Gasteiger partial charge in [0, 0.05) is 36.6 Å². The molecule has 2 heterocycles. The van der Waals surface area contributed by atoms with E-state index < -0.39 is 0 Å². The van der Waals surface area contributed by atoms with Gasteiger partial charge in [0.1, 0.15) is 5.82 Å². The van der Waals surface area contributed by atoms with Crippen LogP contribution >= 0.6 is 0 Å². The smallest absolute Gasteiger partial charge is 0.342 e. The van der Waals surface area contributed by atoms with E-state index in [1.165, 1.54) is 0 Å². The van der Waals surface area contributed by atoms with Crippen molar-refractivity contribution in [3.63, 3.8) is 0 Å². The van der Waals surface area contributed by atoms with E-state index >= 15 is 0 Å². The average Bonchev–Trinajstić information content (AvgIpc) is 3.59. The average molecular weight is 493 g/mol. The van der Waals surface area contributed by atoms with Crippen LogP contribution in [-0.2, 0) is 11.2 Å². The maximum absolute atomic E-state index is 12.9. The summed E-state index contributed by atoms with van der Waals surface area (Å²) in [6, 6.07) is 24.5. The van der Waals surface area contributed by atoms with Gasteiger partial charge in [-0.1, -0.05) is 60.7 Å². The Morgan fingerprint density at radius 1 is 0.865 bits per heavy atom. The van der Waals surface area contributed by atoms with Gasteiger partial charge in [0.15, 0.2) is 5.78 Å². The molecule has 2 fully saturated rings. The number of nitrogens with zero attached hydrogens (tertiary/aromatic N) is 3. The summed E-state index contributed by atoms with van der Waals surface area (Å²) in [6.07, 6.45) is 3.60. The zero-order valence-corrected chi connectivity index (χ0v) is 20.5. The fourth-order valence-corrected chi connectivity index (χ4v) is 5.18. The van der Waals surface area contributed by atoms with Gasteiger partial charge in [-0.3, -0.25) is 9.59 Å². The Morgan fingerprint density at radius 2 is 1.62 bits per heavy atom. The predicted molar refractivity (Wildman–Crippen MR) is 141 cm³/mol. The third kappa shape index (κ3) is 4.77. The number of ketones is 1. The second-order valence-corrected chi connectivity index (χ2v) is 10.0. The summed E-state index contributed by atoms with van der Waals surface area (Å²) in [5.41, 5.74) is 3.63. The van der Waals surface area contributed by atoms with Crippen molar-refractivity contribution in [1.82, 2.24) is 19.7 Å². The van der Waals surface area contributed by atoms with E-state index in [2.05, 4.69) is 10.2 Å². The minimum absolute atomic E-state index is 0.0158. The molecule has 0 radical (unpaired) electrons. The van der Waals surface area contributed by atoms with Crippen LogP contribution in [0.25, 0.3) is 16.8 Å². The molecular weight excluding hydrogens is 464 g/mol. The Balaban J connectivity index is 1.20. The van der Waals surface area contributed by atoms with Gasteiger partial charge in [0.05, 0.1) is 5.69 Å². The van der Waals surface area contributed by atoms with Crippen molar-refractivity contribution in [2.75, 3.05) is 13.1 Å². The summed E-state index contributed by atoms with van der Waals surface area (Å²) in [7, 11) is 0. The Bertz CT molecular complexity index is 1500. The SMILES string of the molecule is O=C(c1ccccc1)c1cccc(-c2ccc(-n3c(CC4CCN(C(=O)C5CC5)C4)n[nH]c3=O)cc2)c1. The molecule has 7 heteroatoms. The fraction of sp³-hybridized carbons (Fsp3) is 0.267. The quantitative estimate of drug-likeness (QED) is 0.391. The van der Waals surface area contributed by atoms with Crippen LogP contribution < -0.4 is 5.69 Å². The molecule has 7 nitrogen and oxygen atoms in total. The Kier molecular flexibility index (Phi) is 6.04. The molecule has 1 atom stereocenters. The number of hydrogen-bond donors (Lipinski definition) is 1. The van der Waals surface area contributed by atoms with Gasteiger partial charge in [0.2, 0.25) is 5.91 Å². The number of aromatic amines is 1. The van der Waals surface area contributed by atoms with Crippen LogP contribution in [0.2, 0.25) is 0 Å². The normalized spacial score (nSPS) is 17.2. The monoisotopic (exact) mass is 492 g/mol. The molecule has 1 amide bonds. The highest BCUT2D eigenvalue weighted by Crippen LogP contribution is 2.33. The van der Waals surface area contributed by atoms with Gasteiger partial charge in [-0.15, -0.1) is 0 Å². The first kappa shape index (κ1) is 23.2. The van der Waals surface area contributed by atoms with E-state index in [1.54, 1.807) is 4.57 Å². The van der Waals surface area contributed by atoms with Crippen molar-refractivity contribution in [3.8, 4) is 16.8 Å². The third-order valence-corrected chi connectivity index (χ3v) is 7.36. The Morgan fingerprint density at radius 3 is 2.38 bits per heavy atom. The Labute approximate surface area is 214 Å². The van der Waals surface area contributed by atoms with Crippen molar-refractivity contribution in [1.29, 1.82) is 0 Å². The minimum atomic E-state index is -0.276. The first-order valence-corrected chi connectivity index (χ1v) is 12.8. The summed E-state index contributed by atoms with van der Waals surface area (Å²) in [5, 5.41) is 6.89. The van der Waals surface area contributed by atoms with E-state index in [4.69, 9.17) is 0 Å². The van der Waals surface area contributed by atoms with Crippen LogP contribution in [0.4, 0.5) is 0 Å². The number of carbonyl (C=O) groups is 2. The molecule has 1 N–H and O–H groups in total. The van der Waals surface area contributed by atoms with Crippen LogP contribution in [0, 0.1) is 11.8 Å². The molecular formula is C30H28N4O3. The topological polar surface area (TPSA) is 88.1 Å². The second-order valence-electron chi connectivity index (χ2n) is 10.0. The molecule has 1 unspecified atom stereocenters. The number of aromatic nitrogens is 3. The second kappa shape index (κ2) is 9.65. The van der Waals surface area contributed by atoms with Crippen molar-refractivity contribution in [2.45, 2.75) is 25.7 Å². The van der Waals surface area contributed by atoms with Crippen molar-refractivity contribution in [2.24, 2.45) is 11.8 Å². The largest absolute Gasteiger partial charge is 0.347 e. The molecule has 37 heavy (non-hydrogen) atoms. The minimum Gasteiger partial charge on any atom is -0.342 e. The zero-order valence-electron chi connectivity index (χ0n) is 20.5. The number of benzene rings is 3. The predicted octanol–water partition coefficient (Wildman–Crippen LogP) is 4.26. The molecule has 1 saturated heterocycles. The molecule has 0 bridgehead atoms. The van der Waals surface area contributed by atoms with Gasteiger partial charge >= 0.3 is 5.69 Å². The molecule has 1 saturated carbocycles. The summed E-state index contributed by atoms with van der Waals surface area (Å²) in [4.78, 5) is 39.9. The number of H-pyrrole nitrogens is 1. The van der Waals surface area contributed by atoms with Crippen molar-refractivity contribution >= 4 is 11.7 Å². The highest BCUT2D eigenvalue weighted by molar-refractivity contribution is 6.09. The van der Waals surface area contributed by atoms with E-state index in [0.717, 1.165) is 49.2 Å². The van der Waals surface area contributed by atoms with Gasteiger partial charge in [0.25, 0.3) is 0 Å². The first-order valence-electron chi connectivity index (χ1n) is 12.8. The molecule has 3 aromatic carbocycles. The molecule has 6 rings (SSSR count). The van der Waals surface area contributed by atoms with Gasteiger partial charge in [-0.2, -0.15) is 5.10 Å². The third-order valence-electron chi connectivity index (χ3n) is 7.36. The van der Waals surface area contributed by atoms with Crippen LogP contribution in [0.5, 0.6) is 0 Å². The Hall–Kier alpha value is -4.26. The summed E-state index contributed by atoms with van der Waals surface area (Å²) >= 11 is 0. The summed E-state index contributed by atoms with van der Waals surface area (Å²) in [6.45, 7) is 1.52. The summed E-state index contributed by atoms with van der Waals surface area (Å²) < 4.78 is 1.62. The first-order chi connectivity index (χ1) is 18.1. The number of likely N-dealkylation sites (tertiary alicyclic amines) is 1. The number of carbonyl (C=O) groups excluding carboxylic acids is 2. The summed E-state index contributed by atoms with van der Waals surface area (Å²) in [5.74, 6) is 1.47. The molecule has 1 aliphatic carbocycles. The number of amides is 1. The molecule has 1 aliphatic heterocycles. The lowest BCUT2D eigenvalue weighted by Gasteiger charge is -2.16. The van der Waals surface area contributed by atoms with E-state index in [9.17, 15) is 14.4 Å². The van der Waals surface area contributed by atoms with Crippen LogP contribution in [-0.4, -0.2) is 44.4 Å². The zero-order chi connectivity index (χ0) is 25.4. The maximum atomic E-state index is 12.9. The van der Waals surface area contributed by atoms with Crippen LogP contribution in [0.3, 0.4) is 0 Å². The lowest BCUT2D eigenvalue weighted by atomic mass is 9.98.